The molecule has 0 atom stereocenters. The van der Waals surface area contributed by atoms with Crippen molar-refractivity contribution >= 4 is 27.8 Å². The molecule has 1 aromatic carbocycles. The van der Waals surface area contributed by atoms with Crippen LogP contribution in [0.5, 0.6) is 5.75 Å². The van der Waals surface area contributed by atoms with Gasteiger partial charge in [0.05, 0.1) is 18.4 Å². The summed E-state index contributed by atoms with van der Waals surface area (Å²) < 4.78 is 7.94. The minimum atomic E-state index is -0.0554. The molecule has 2 rings (SSSR count). The smallest absolute Gasteiger partial charge is 0.189 e. The van der Waals surface area contributed by atoms with Gasteiger partial charge in [-0.05, 0) is 44.2 Å². The number of allylic oxidation sites excluding steroid dienone is 1. The Balaban J connectivity index is 2.33. The van der Waals surface area contributed by atoms with Gasteiger partial charge in [0.2, 0.25) is 0 Å². The molecule has 4 nitrogen and oxygen atoms in total. The van der Waals surface area contributed by atoms with E-state index in [0.717, 1.165) is 27.2 Å². The monoisotopic (exact) mass is 348 g/mol. The van der Waals surface area contributed by atoms with Gasteiger partial charge in [-0.3, -0.25) is 9.48 Å². The number of aromatic nitrogens is 2. The van der Waals surface area contributed by atoms with Crippen LogP contribution in [0.4, 0.5) is 0 Å². The third kappa shape index (κ3) is 3.24. The molecule has 0 bridgehead atoms. The molecule has 1 aromatic heterocycles. The maximum atomic E-state index is 12.4. The Morgan fingerprint density at radius 3 is 2.67 bits per heavy atom. The number of hydrogen-bond acceptors (Lipinski definition) is 3. The van der Waals surface area contributed by atoms with Crippen LogP contribution in [-0.4, -0.2) is 22.7 Å². The third-order valence-corrected chi connectivity index (χ3v) is 3.85. The fraction of sp³-hybridized carbons (Fsp3) is 0.250. The van der Waals surface area contributed by atoms with E-state index in [0.29, 0.717) is 5.56 Å². The standard InChI is InChI=1S/C16H17BrN2O2/c1-10-16(11(2)19(3)18-10)14(20)7-5-12-9-13(17)6-8-15(12)21-4/h5-9H,1-4H3/b7-5+. The number of benzene rings is 1. The maximum Gasteiger partial charge on any atom is 0.189 e. The van der Waals surface area contributed by atoms with Crippen LogP contribution in [-0.2, 0) is 7.05 Å². The van der Waals surface area contributed by atoms with Crippen LogP contribution < -0.4 is 4.74 Å². The molecule has 0 aliphatic heterocycles. The lowest BCUT2D eigenvalue weighted by molar-refractivity contribution is 0.104. The molecular weight excluding hydrogens is 332 g/mol. The molecule has 0 amide bonds. The van der Waals surface area contributed by atoms with Gasteiger partial charge in [-0.15, -0.1) is 0 Å². The van der Waals surface area contributed by atoms with E-state index in [-0.39, 0.29) is 5.78 Å². The second kappa shape index (κ2) is 6.26. The van der Waals surface area contributed by atoms with Gasteiger partial charge in [0.1, 0.15) is 5.75 Å². The topological polar surface area (TPSA) is 44.1 Å². The first-order valence-electron chi connectivity index (χ1n) is 6.50. The molecule has 0 spiro atoms. The highest BCUT2D eigenvalue weighted by Crippen LogP contribution is 2.24. The molecule has 5 heteroatoms. The first-order chi connectivity index (χ1) is 9.93. The van der Waals surface area contributed by atoms with Gasteiger partial charge >= 0.3 is 0 Å². The van der Waals surface area contributed by atoms with E-state index < -0.39 is 0 Å². The van der Waals surface area contributed by atoms with E-state index in [2.05, 4.69) is 21.0 Å². The van der Waals surface area contributed by atoms with Gasteiger partial charge in [-0.1, -0.05) is 15.9 Å². The van der Waals surface area contributed by atoms with Gasteiger partial charge in [0.15, 0.2) is 5.78 Å². The van der Waals surface area contributed by atoms with Crippen LogP contribution in [0.15, 0.2) is 28.7 Å². The van der Waals surface area contributed by atoms with Gasteiger partial charge in [-0.2, -0.15) is 5.10 Å². The summed E-state index contributed by atoms with van der Waals surface area (Å²) in [6.45, 7) is 3.73. The molecule has 0 N–H and O–H groups in total. The summed E-state index contributed by atoms with van der Waals surface area (Å²) in [5.74, 6) is 0.669. The number of hydrogen-bond donors (Lipinski definition) is 0. The molecule has 0 aliphatic rings. The van der Waals surface area contributed by atoms with E-state index >= 15 is 0 Å². The minimum absolute atomic E-state index is 0.0554. The number of methoxy groups -OCH3 is 1. The number of halogens is 1. The fourth-order valence-electron chi connectivity index (χ4n) is 2.21. The molecule has 2 aromatic rings. The molecule has 0 unspecified atom stereocenters. The normalized spacial score (nSPS) is 11.1. The number of aryl methyl sites for hydroxylation is 2. The summed E-state index contributed by atoms with van der Waals surface area (Å²) in [4.78, 5) is 12.4. The van der Waals surface area contributed by atoms with E-state index in [1.54, 1.807) is 23.9 Å². The summed E-state index contributed by atoms with van der Waals surface area (Å²) in [6, 6.07) is 5.66. The zero-order valence-electron chi connectivity index (χ0n) is 12.5. The van der Waals surface area contributed by atoms with Crippen LogP contribution in [0.25, 0.3) is 6.08 Å². The molecule has 1 heterocycles. The fourth-order valence-corrected chi connectivity index (χ4v) is 2.59. The lowest BCUT2D eigenvalue weighted by atomic mass is 10.1. The Kier molecular flexibility index (Phi) is 4.63. The van der Waals surface area contributed by atoms with Crippen molar-refractivity contribution in [2.45, 2.75) is 13.8 Å². The Morgan fingerprint density at radius 2 is 2.10 bits per heavy atom. The number of carbonyl (C=O) groups excluding carboxylic acids is 1. The molecule has 0 radical (unpaired) electrons. The van der Waals surface area contributed by atoms with Crippen LogP contribution in [0.2, 0.25) is 0 Å². The van der Waals surface area contributed by atoms with Gasteiger partial charge in [-0.25, -0.2) is 0 Å². The average Bonchev–Trinajstić information content (AvgIpc) is 2.70. The molecule has 0 aliphatic carbocycles. The lowest BCUT2D eigenvalue weighted by Crippen LogP contribution is -1.99. The number of rotatable bonds is 4. The van der Waals surface area contributed by atoms with Crippen molar-refractivity contribution < 1.29 is 9.53 Å². The lowest BCUT2D eigenvalue weighted by Gasteiger charge is -2.04. The number of nitrogens with zero attached hydrogens (tertiary/aromatic N) is 2. The quantitative estimate of drug-likeness (QED) is 0.624. The minimum Gasteiger partial charge on any atom is -0.496 e. The highest BCUT2D eigenvalue weighted by atomic mass is 79.9. The summed E-state index contributed by atoms with van der Waals surface area (Å²) >= 11 is 3.42. The number of ketones is 1. The van der Waals surface area contributed by atoms with Crippen molar-refractivity contribution in [2.75, 3.05) is 7.11 Å². The molecule has 0 fully saturated rings. The maximum absolute atomic E-state index is 12.4. The van der Waals surface area contributed by atoms with Crippen molar-refractivity contribution in [2.24, 2.45) is 7.05 Å². The van der Waals surface area contributed by atoms with Crippen molar-refractivity contribution in [3.8, 4) is 5.75 Å². The Morgan fingerprint density at radius 1 is 1.38 bits per heavy atom. The van der Waals surface area contributed by atoms with Crippen LogP contribution in [0, 0.1) is 13.8 Å². The second-order valence-electron chi connectivity index (χ2n) is 4.75. The van der Waals surface area contributed by atoms with Crippen molar-refractivity contribution in [3.63, 3.8) is 0 Å². The SMILES string of the molecule is COc1ccc(Br)cc1/C=C/C(=O)c1c(C)nn(C)c1C. The Hall–Kier alpha value is -1.88. The van der Waals surface area contributed by atoms with Crippen molar-refractivity contribution in [1.82, 2.24) is 9.78 Å². The van der Waals surface area contributed by atoms with E-state index in [1.165, 1.54) is 0 Å². The summed E-state index contributed by atoms with van der Waals surface area (Å²) in [7, 11) is 3.44. The Labute approximate surface area is 132 Å². The van der Waals surface area contributed by atoms with Gasteiger partial charge in [0, 0.05) is 22.8 Å². The van der Waals surface area contributed by atoms with Crippen molar-refractivity contribution in [3.05, 3.63) is 51.3 Å². The molecule has 0 saturated heterocycles. The molecule has 21 heavy (non-hydrogen) atoms. The van der Waals surface area contributed by atoms with Gasteiger partial charge in [0.25, 0.3) is 0 Å². The largest absolute Gasteiger partial charge is 0.496 e. The Bertz CT molecular complexity index is 717. The zero-order valence-corrected chi connectivity index (χ0v) is 14.1. The van der Waals surface area contributed by atoms with Crippen molar-refractivity contribution in [1.29, 1.82) is 0 Å². The number of carbonyl (C=O) groups is 1. The summed E-state index contributed by atoms with van der Waals surface area (Å²) in [5.41, 5.74) is 3.11. The van der Waals surface area contributed by atoms with E-state index in [9.17, 15) is 4.79 Å². The predicted molar refractivity (Wildman–Crippen MR) is 86.7 cm³/mol. The zero-order chi connectivity index (χ0) is 15.6. The highest BCUT2D eigenvalue weighted by molar-refractivity contribution is 9.10. The molecular formula is C16H17BrN2O2. The molecule has 0 saturated carbocycles. The molecule has 110 valence electrons. The second-order valence-corrected chi connectivity index (χ2v) is 5.67. The average molecular weight is 349 g/mol. The summed E-state index contributed by atoms with van der Waals surface area (Å²) in [6.07, 6.45) is 3.32. The predicted octanol–water partition coefficient (Wildman–Crippen LogP) is 3.70. The van der Waals surface area contributed by atoms with Gasteiger partial charge < -0.3 is 4.74 Å². The first kappa shape index (κ1) is 15.5. The first-order valence-corrected chi connectivity index (χ1v) is 7.29. The summed E-state index contributed by atoms with van der Waals surface area (Å²) in [5, 5.41) is 4.26. The van der Waals surface area contributed by atoms with Crippen LogP contribution in [0.3, 0.4) is 0 Å². The highest BCUT2D eigenvalue weighted by Gasteiger charge is 2.15. The number of ether oxygens (including phenoxy) is 1. The van der Waals surface area contributed by atoms with E-state index in [1.807, 2.05) is 39.1 Å². The van der Waals surface area contributed by atoms with Crippen LogP contribution in [0.1, 0.15) is 27.3 Å². The third-order valence-electron chi connectivity index (χ3n) is 3.36. The van der Waals surface area contributed by atoms with E-state index in [4.69, 9.17) is 4.74 Å². The van der Waals surface area contributed by atoms with Crippen LogP contribution >= 0.6 is 15.9 Å².